The van der Waals surface area contributed by atoms with Gasteiger partial charge in [0, 0.05) is 32.4 Å². The van der Waals surface area contributed by atoms with Crippen LogP contribution >= 0.6 is 0 Å². The number of anilines is 4. The van der Waals surface area contributed by atoms with Crippen molar-refractivity contribution in [3.63, 3.8) is 0 Å². The summed E-state index contributed by atoms with van der Waals surface area (Å²) in [6.45, 7) is 3.19. The average molecular weight is 445 g/mol. The maximum Gasteiger partial charge on any atom is 0.411 e. The molecule has 2 aliphatic heterocycles. The minimum absolute atomic E-state index is 0.129. The van der Waals surface area contributed by atoms with Crippen LogP contribution in [-0.4, -0.2) is 42.2 Å². The van der Waals surface area contributed by atoms with Crippen molar-refractivity contribution in [3.05, 3.63) is 65.5 Å². The standard InChI is InChI=1S/C24H23N5O4/c1-3-29-21-16(23(30)28(2)19-7-5-10-25-22(19)29)12-15(13-26-21)9-11-32-20-8-4-6-18-17(20)14-33-24(31)27-18/h4-8,10,12-13H,3,9,11,14H2,1-2H3,(H,27,31). The lowest BCUT2D eigenvalue weighted by Crippen LogP contribution is -2.25. The summed E-state index contributed by atoms with van der Waals surface area (Å²) >= 11 is 0. The van der Waals surface area contributed by atoms with Crippen LogP contribution in [0.2, 0.25) is 0 Å². The van der Waals surface area contributed by atoms with Gasteiger partial charge in [-0.3, -0.25) is 10.1 Å². The van der Waals surface area contributed by atoms with Crippen LogP contribution in [0, 0.1) is 0 Å². The maximum absolute atomic E-state index is 13.2. The highest BCUT2D eigenvalue weighted by molar-refractivity contribution is 6.12. The van der Waals surface area contributed by atoms with Gasteiger partial charge >= 0.3 is 6.09 Å². The van der Waals surface area contributed by atoms with Gasteiger partial charge in [-0.25, -0.2) is 14.8 Å². The molecule has 2 aromatic heterocycles. The lowest BCUT2D eigenvalue weighted by molar-refractivity contribution is 0.0993. The number of nitrogens with one attached hydrogen (secondary N) is 1. The first-order chi connectivity index (χ1) is 16.1. The van der Waals surface area contributed by atoms with Crippen LogP contribution in [0.5, 0.6) is 5.75 Å². The number of nitrogens with zero attached hydrogens (tertiary/aromatic N) is 4. The van der Waals surface area contributed by atoms with Gasteiger partial charge in [0.05, 0.1) is 29.1 Å². The van der Waals surface area contributed by atoms with E-state index in [1.807, 2.05) is 48.2 Å². The van der Waals surface area contributed by atoms with Crippen LogP contribution < -0.4 is 19.9 Å². The molecule has 9 heteroatoms. The summed E-state index contributed by atoms with van der Waals surface area (Å²) in [5.41, 5.74) is 3.66. The summed E-state index contributed by atoms with van der Waals surface area (Å²) in [6, 6.07) is 11.1. The van der Waals surface area contributed by atoms with Gasteiger partial charge in [0.25, 0.3) is 5.91 Å². The molecular formula is C24H23N5O4. The van der Waals surface area contributed by atoms with Gasteiger partial charge in [-0.1, -0.05) is 6.07 Å². The molecule has 0 bridgehead atoms. The molecular weight excluding hydrogens is 422 g/mol. The molecule has 0 unspecified atom stereocenters. The first kappa shape index (κ1) is 20.7. The molecule has 1 aromatic carbocycles. The number of fused-ring (bicyclic) bond motifs is 3. The van der Waals surface area contributed by atoms with E-state index in [2.05, 4.69) is 15.3 Å². The number of aromatic nitrogens is 2. The minimum Gasteiger partial charge on any atom is -0.493 e. The number of benzene rings is 1. The van der Waals surface area contributed by atoms with Gasteiger partial charge in [-0.15, -0.1) is 0 Å². The molecule has 0 spiro atoms. The molecule has 0 saturated carbocycles. The third-order valence-electron chi connectivity index (χ3n) is 5.78. The summed E-state index contributed by atoms with van der Waals surface area (Å²) < 4.78 is 11.0. The van der Waals surface area contributed by atoms with Crippen LogP contribution in [0.25, 0.3) is 0 Å². The minimum atomic E-state index is -0.469. The van der Waals surface area contributed by atoms with E-state index in [0.717, 1.165) is 16.8 Å². The molecule has 2 amide bonds. The molecule has 4 heterocycles. The lowest BCUT2D eigenvalue weighted by Gasteiger charge is -2.22. The molecule has 33 heavy (non-hydrogen) atoms. The second-order valence-corrected chi connectivity index (χ2v) is 7.75. The third kappa shape index (κ3) is 3.71. The first-order valence-corrected chi connectivity index (χ1v) is 10.7. The van der Waals surface area contributed by atoms with Crippen molar-refractivity contribution in [1.82, 2.24) is 9.97 Å². The number of hydrogen-bond acceptors (Lipinski definition) is 7. The van der Waals surface area contributed by atoms with Gasteiger partial charge in [-0.2, -0.15) is 0 Å². The monoisotopic (exact) mass is 445 g/mol. The molecule has 5 rings (SSSR count). The van der Waals surface area contributed by atoms with Crippen molar-refractivity contribution in [1.29, 1.82) is 0 Å². The summed E-state index contributed by atoms with van der Waals surface area (Å²) in [7, 11) is 1.75. The van der Waals surface area contributed by atoms with E-state index in [0.29, 0.717) is 48.2 Å². The smallest absolute Gasteiger partial charge is 0.411 e. The first-order valence-electron chi connectivity index (χ1n) is 10.7. The summed E-state index contributed by atoms with van der Waals surface area (Å²) in [6.07, 6.45) is 3.58. The number of cyclic esters (lactones) is 1. The van der Waals surface area contributed by atoms with Crippen molar-refractivity contribution in [2.24, 2.45) is 0 Å². The number of carbonyl (C=O) groups is 2. The topological polar surface area (TPSA) is 96.9 Å². The fourth-order valence-corrected chi connectivity index (χ4v) is 4.09. The SMILES string of the molecule is CCN1c2ncc(CCOc3cccc4c3COC(=O)N4)cc2C(=O)N(C)c2cccnc21. The Morgan fingerprint density at radius 3 is 2.88 bits per heavy atom. The molecule has 1 N–H and O–H groups in total. The van der Waals surface area contributed by atoms with Crippen LogP contribution in [0.15, 0.2) is 48.8 Å². The Morgan fingerprint density at radius 1 is 1.15 bits per heavy atom. The van der Waals surface area contributed by atoms with E-state index in [4.69, 9.17) is 9.47 Å². The Morgan fingerprint density at radius 2 is 2.03 bits per heavy atom. The highest BCUT2D eigenvalue weighted by Gasteiger charge is 2.30. The van der Waals surface area contributed by atoms with Crippen molar-refractivity contribution in [3.8, 4) is 5.75 Å². The van der Waals surface area contributed by atoms with E-state index in [1.54, 1.807) is 24.3 Å². The Bertz CT molecular complexity index is 1250. The third-order valence-corrected chi connectivity index (χ3v) is 5.78. The molecule has 0 fully saturated rings. The maximum atomic E-state index is 13.2. The van der Waals surface area contributed by atoms with Gasteiger partial charge in [0.2, 0.25) is 0 Å². The summed E-state index contributed by atoms with van der Waals surface area (Å²) in [5, 5.41) is 2.67. The van der Waals surface area contributed by atoms with Crippen molar-refractivity contribution >= 4 is 35.0 Å². The van der Waals surface area contributed by atoms with E-state index in [-0.39, 0.29) is 12.5 Å². The van der Waals surface area contributed by atoms with E-state index >= 15 is 0 Å². The van der Waals surface area contributed by atoms with E-state index in [9.17, 15) is 9.59 Å². The van der Waals surface area contributed by atoms with Crippen LogP contribution in [-0.2, 0) is 17.8 Å². The van der Waals surface area contributed by atoms with Crippen molar-refractivity contribution in [2.75, 3.05) is 35.3 Å². The predicted octanol–water partition coefficient (Wildman–Crippen LogP) is 3.91. The Hall–Kier alpha value is -4.14. The van der Waals surface area contributed by atoms with Crippen LogP contribution in [0.1, 0.15) is 28.4 Å². The second-order valence-electron chi connectivity index (χ2n) is 7.75. The summed E-state index contributed by atoms with van der Waals surface area (Å²) in [4.78, 5) is 37.4. The summed E-state index contributed by atoms with van der Waals surface area (Å²) in [5.74, 6) is 1.84. The number of ether oxygens (including phenoxy) is 2. The number of hydrogen-bond donors (Lipinski definition) is 1. The van der Waals surface area contributed by atoms with Crippen LogP contribution in [0.4, 0.5) is 27.8 Å². The normalized spacial score (nSPS) is 14.5. The molecule has 9 nitrogen and oxygen atoms in total. The van der Waals surface area contributed by atoms with Crippen molar-refractivity contribution < 1.29 is 19.1 Å². The fourth-order valence-electron chi connectivity index (χ4n) is 4.09. The fraction of sp³-hybridized carbons (Fsp3) is 0.250. The van der Waals surface area contributed by atoms with Gasteiger partial charge in [0.15, 0.2) is 5.82 Å². The Balaban J connectivity index is 1.37. The predicted molar refractivity (Wildman–Crippen MR) is 123 cm³/mol. The number of amides is 2. The molecule has 0 aliphatic carbocycles. The quantitative estimate of drug-likeness (QED) is 0.636. The van der Waals surface area contributed by atoms with Gasteiger partial charge in [0.1, 0.15) is 18.2 Å². The number of pyridine rings is 2. The number of carbonyl (C=O) groups excluding carboxylic acids is 2. The highest BCUT2D eigenvalue weighted by atomic mass is 16.6. The lowest BCUT2D eigenvalue weighted by atomic mass is 10.1. The molecule has 0 atom stereocenters. The Kier molecular flexibility index (Phi) is 5.29. The van der Waals surface area contributed by atoms with Crippen molar-refractivity contribution in [2.45, 2.75) is 20.0 Å². The molecule has 3 aromatic rings. The molecule has 2 aliphatic rings. The number of rotatable bonds is 5. The Labute approximate surface area is 191 Å². The average Bonchev–Trinajstić information content (AvgIpc) is 2.92. The zero-order valence-corrected chi connectivity index (χ0v) is 18.4. The molecule has 0 saturated heterocycles. The van der Waals surface area contributed by atoms with E-state index in [1.165, 1.54) is 0 Å². The zero-order chi connectivity index (χ0) is 22.9. The van der Waals surface area contributed by atoms with Gasteiger partial charge < -0.3 is 19.3 Å². The van der Waals surface area contributed by atoms with E-state index < -0.39 is 6.09 Å². The zero-order valence-electron chi connectivity index (χ0n) is 18.4. The molecule has 0 radical (unpaired) electrons. The largest absolute Gasteiger partial charge is 0.493 e. The molecule has 168 valence electrons. The highest BCUT2D eigenvalue weighted by Crippen LogP contribution is 2.37. The van der Waals surface area contributed by atoms with Crippen LogP contribution in [0.3, 0.4) is 0 Å². The second kappa shape index (κ2) is 8.42. The van der Waals surface area contributed by atoms with Gasteiger partial charge in [-0.05, 0) is 42.8 Å².